The van der Waals surface area contributed by atoms with Crippen LogP contribution in [0.5, 0.6) is 5.75 Å². The number of hydrogen-bond donors (Lipinski definition) is 2. The van der Waals surface area contributed by atoms with Crippen molar-refractivity contribution in [1.82, 2.24) is 4.90 Å². The first-order valence-electron chi connectivity index (χ1n) is 6.33. The molecule has 0 saturated carbocycles. The molecule has 3 atom stereocenters. The SMILES string of the molecule is CN1CC[C@@H]2c3cc(O)ccc3CC1[C@H]2CO. The zero-order valence-electron chi connectivity index (χ0n) is 10.1. The molecule has 1 heterocycles. The van der Waals surface area contributed by atoms with Crippen LogP contribution in [0, 0.1) is 5.92 Å². The number of aliphatic hydroxyl groups excluding tert-OH is 1. The zero-order valence-corrected chi connectivity index (χ0v) is 10.1. The summed E-state index contributed by atoms with van der Waals surface area (Å²) < 4.78 is 0. The van der Waals surface area contributed by atoms with Crippen molar-refractivity contribution in [1.29, 1.82) is 0 Å². The van der Waals surface area contributed by atoms with E-state index in [2.05, 4.69) is 11.9 Å². The van der Waals surface area contributed by atoms with Gasteiger partial charge >= 0.3 is 0 Å². The van der Waals surface area contributed by atoms with Crippen LogP contribution in [0.4, 0.5) is 0 Å². The normalized spacial score (nSPS) is 32.2. The average molecular weight is 233 g/mol. The van der Waals surface area contributed by atoms with Gasteiger partial charge in [0.05, 0.1) is 0 Å². The van der Waals surface area contributed by atoms with Crippen LogP contribution >= 0.6 is 0 Å². The van der Waals surface area contributed by atoms with Gasteiger partial charge in [-0.25, -0.2) is 0 Å². The van der Waals surface area contributed by atoms with Crippen molar-refractivity contribution in [3.05, 3.63) is 29.3 Å². The van der Waals surface area contributed by atoms with Gasteiger partial charge in [0.25, 0.3) is 0 Å². The number of rotatable bonds is 1. The fourth-order valence-corrected chi connectivity index (χ4v) is 3.60. The lowest BCUT2D eigenvalue weighted by Gasteiger charge is -2.48. The van der Waals surface area contributed by atoms with Gasteiger partial charge in [-0.3, -0.25) is 0 Å². The van der Waals surface area contributed by atoms with Crippen molar-refractivity contribution in [3.63, 3.8) is 0 Å². The van der Waals surface area contributed by atoms with E-state index in [1.54, 1.807) is 6.07 Å². The predicted octanol–water partition coefficient (Wildman–Crippen LogP) is 1.34. The van der Waals surface area contributed by atoms with Crippen LogP contribution < -0.4 is 0 Å². The Labute approximate surface area is 102 Å². The minimum atomic E-state index is 0.245. The molecule has 1 saturated heterocycles. The summed E-state index contributed by atoms with van der Waals surface area (Å²) in [4.78, 5) is 2.37. The highest BCUT2D eigenvalue weighted by Crippen LogP contribution is 2.44. The van der Waals surface area contributed by atoms with Crippen molar-refractivity contribution in [2.75, 3.05) is 20.2 Å². The fourth-order valence-electron chi connectivity index (χ4n) is 3.60. The Balaban J connectivity index is 2.06. The topological polar surface area (TPSA) is 43.7 Å². The monoisotopic (exact) mass is 233 g/mol. The summed E-state index contributed by atoms with van der Waals surface area (Å²) in [5.74, 6) is 1.08. The lowest BCUT2D eigenvalue weighted by molar-refractivity contribution is 0.0481. The highest BCUT2D eigenvalue weighted by molar-refractivity contribution is 5.41. The molecule has 2 aliphatic rings. The number of fused-ring (bicyclic) bond motifs is 4. The van der Waals surface area contributed by atoms with Crippen LogP contribution in [0.3, 0.4) is 0 Å². The Morgan fingerprint density at radius 2 is 2.24 bits per heavy atom. The first-order valence-corrected chi connectivity index (χ1v) is 6.33. The molecule has 17 heavy (non-hydrogen) atoms. The van der Waals surface area contributed by atoms with Gasteiger partial charge in [0.15, 0.2) is 0 Å². The summed E-state index contributed by atoms with van der Waals surface area (Å²) in [6, 6.07) is 6.16. The Kier molecular flexibility index (Phi) is 2.60. The van der Waals surface area contributed by atoms with Crippen molar-refractivity contribution < 1.29 is 10.2 Å². The quantitative estimate of drug-likeness (QED) is 0.769. The van der Waals surface area contributed by atoms with E-state index in [0.29, 0.717) is 23.6 Å². The number of aromatic hydroxyl groups is 1. The maximum Gasteiger partial charge on any atom is 0.115 e. The number of piperidine rings is 1. The molecule has 3 nitrogen and oxygen atoms in total. The molecule has 3 rings (SSSR count). The Morgan fingerprint density at radius 1 is 1.41 bits per heavy atom. The van der Waals surface area contributed by atoms with Crippen molar-refractivity contribution >= 4 is 0 Å². The number of hydrogen-bond acceptors (Lipinski definition) is 3. The van der Waals surface area contributed by atoms with Gasteiger partial charge in [-0.15, -0.1) is 0 Å². The van der Waals surface area contributed by atoms with Gasteiger partial charge in [0.1, 0.15) is 5.75 Å². The zero-order chi connectivity index (χ0) is 12.0. The average Bonchev–Trinajstić information content (AvgIpc) is 2.33. The number of phenols is 1. The summed E-state index contributed by atoms with van der Waals surface area (Å²) in [6.07, 6.45) is 2.07. The minimum Gasteiger partial charge on any atom is -0.508 e. The molecule has 0 spiro atoms. The first kappa shape index (κ1) is 11.1. The highest BCUT2D eigenvalue weighted by atomic mass is 16.3. The third-order valence-electron chi connectivity index (χ3n) is 4.54. The molecule has 1 aliphatic carbocycles. The van der Waals surface area contributed by atoms with Gasteiger partial charge in [0, 0.05) is 18.6 Å². The smallest absolute Gasteiger partial charge is 0.115 e. The summed E-state index contributed by atoms with van der Waals surface area (Å²) in [6.45, 7) is 1.33. The second-order valence-electron chi connectivity index (χ2n) is 5.38. The Hall–Kier alpha value is -1.06. The molecular weight excluding hydrogens is 214 g/mol. The number of likely N-dealkylation sites (tertiary alicyclic amines) is 1. The van der Waals surface area contributed by atoms with Crippen LogP contribution in [0.1, 0.15) is 23.5 Å². The standard InChI is InChI=1S/C14H19NO2/c1-15-5-4-11-12-7-10(17)3-2-9(12)6-14(15)13(11)8-16/h2-3,7,11,13-14,16-17H,4-6,8H2,1H3/t11-,13+,14?/m1/s1. The molecule has 92 valence electrons. The van der Waals surface area contributed by atoms with E-state index < -0.39 is 0 Å². The van der Waals surface area contributed by atoms with Crippen LogP contribution in [0.15, 0.2) is 18.2 Å². The molecule has 1 aromatic rings. The number of benzene rings is 1. The molecule has 0 aromatic heterocycles. The van der Waals surface area contributed by atoms with E-state index in [1.807, 2.05) is 12.1 Å². The highest BCUT2D eigenvalue weighted by Gasteiger charge is 2.41. The van der Waals surface area contributed by atoms with Gasteiger partial charge in [-0.2, -0.15) is 0 Å². The molecule has 2 N–H and O–H groups in total. The number of aliphatic hydroxyl groups is 1. The van der Waals surface area contributed by atoms with Gasteiger partial charge in [-0.1, -0.05) is 6.07 Å². The number of likely N-dealkylation sites (N-methyl/N-ethyl adjacent to an activating group) is 1. The molecule has 1 aromatic carbocycles. The van der Waals surface area contributed by atoms with Gasteiger partial charge < -0.3 is 15.1 Å². The second-order valence-corrected chi connectivity index (χ2v) is 5.38. The van der Waals surface area contributed by atoms with E-state index in [9.17, 15) is 10.2 Å². The van der Waals surface area contributed by atoms with Crippen molar-refractivity contribution in [3.8, 4) is 5.75 Å². The van der Waals surface area contributed by atoms with Crippen LogP contribution in [0.25, 0.3) is 0 Å². The van der Waals surface area contributed by atoms with E-state index >= 15 is 0 Å². The molecular formula is C14H19NO2. The van der Waals surface area contributed by atoms with E-state index in [-0.39, 0.29) is 6.61 Å². The van der Waals surface area contributed by atoms with Crippen LogP contribution in [0.2, 0.25) is 0 Å². The minimum absolute atomic E-state index is 0.245. The van der Waals surface area contributed by atoms with Gasteiger partial charge in [0.2, 0.25) is 0 Å². The van der Waals surface area contributed by atoms with Crippen LogP contribution in [-0.2, 0) is 6.42 Å². The molecule has 1 fully saturated rings. The predicted molar refractivity (Wildman–Crippen MR) is 66.2 cm³/mol. The molecule has 1 aliphatic heterocycles. The maximum absolute atomic E-state index is 9.62. The summed E-state index contributed by atoms with van der Waals surface area (Å²) in [5.41, 5.74) is 2.60. The maximum atomic E-state index is 9.62. The molecule has 0 amide bonds. The molecule has 2 bridgehead atoms. The summed E-state index contributed by atoms with van der Waals surface area (Å²) >= 11 is 0. The Bertz CT molecular complexity index is 432. The lowest BCUT2D eigenvalue weighted by atomic mass is 9.68. The third-order valence-corrected chi connectivity index (χ3v) is 4.54. The van der Waals surface area contributed by atoms with Crippen molar-refractivity contribution in [2.45, 2.75) is 24.8 Å². The largest absolute Gasteiger partial charge is 0.508 e. The van der Waals surface area contributed by atoms with Crippen LogP contribution in [-0.4, -0.2) is 41.4 Å². The molecule has 1 unspecified atom stereocenters. The van der Waals surface area contributed by atoms with E-state index in [0.717, 1.165) is 19.4 Å². The lowest BCUT2D eigenvalue weighted by Crippen LogP contribution is -2.51. The summed E-state index contributed by atoms with van der Waals surface area (Å²) in [7, 11) is 2.15. The number of nitrogens with zero attached hydrogens (tertiary/aromatic N) is 1. The Morgan fingerprint density at radius 3 is 3.00 bits per heavy atom. The summed E-state index contributed by atoms with van der Waals surface area (Å²) in [5, 5.41) is 19.2. The molecule has 3 heteroatoms. The van der Waals surface area contributed by atoms with Crippen molar-refractivity contribution in [2.24, 2.45) is 5.92 Å². The second kappa shape index (κ2) is 4.00. The number of phenolic OH excluding ortho intramolecular Hbond substituents is 1. The van der Waals surface area contributed by atoms with E-state index in [4.69, 9.17) is 0 Å². The van der Waals surface area contributed by atoms with Gasteiger partial charge in [-0.05, 0) is 55.6 Å². The first-order chi connectivity index (χ1) is 8.20. The third kappa shape index (κ3) is 1.65. The molecule has 0 radical (unpaired) electrons. The van der Waals surface area contributed by atoms with E-state index in [1.165, 1.54) is 11.1 Å². The fraction of sp³-hybridized carbons (Fsp3) is 0.571.